The van der Waals surface area contributed by atoms with Crippen molar-refractivity contribution >= 4 is 40.8 Å². The zero-order valence-corrected chi connectivity index (χ0v) is 14.5. The molecular weight excluding hydrogens is 351 g/mol. The third kappa shape index (κ3) is 3.52. The minimum atomic E-state index is 0.575. The average Bonchev–Trinajstić information content (AvgIpc) is 2.96. The number of hydrogen-bond acceptors (Lipinski definition) is 4. The molecule has 0 spiro atoms. The number of pyridine rings is 1. The van der Waals surface area contributed by atoms with Crippen LogP contribution in [0.5, 0.6) is 0 Å². The standard InChI is InChI=1S/C16H12Cl2N4S/c1-19-16-22(21-9-11-4-6-20-7-5-11)15(10-23-16)13-3-2-12(17)8-14(13)18/h2-10H,1H3/b19-16?,21-9+. The summed E-state index contributed by atoms with van der Waals surface area (Å²) in [6, 6.07) is 9.17. The number of rotatable bonds is 3. The van der Waals surface area contributed by atoms with Crippen molar-refractivity contribution in [2.24, 2.45) is 10.1 Å². The van der Waals surface area contributed by atoms with Crippen molar-refractivity contribution in [1.82, 2.24) is 9.66 Å². The second-order valence-corrected chi connectivity index (χ2v) is 6.27. The predicted octanol–water partition coefficient (Wildman–Crippen LogP) is 4.33. The predicted molar refractivity (Wildman–Crippen MR) is 96.5 cm³/mol. The largest absolute Gasteiger partial charge is 0.265 e. The Labute approximate surface area is 147 Å². The minimum absolute atomic E-state index is 0.575. The van der Waals surface area contributed by atoms with Crippen LogP contribution in [0.3, 0.4) is 0 Å². The van der Waals surface area contributed by atoms with Crippen LogP contribution >= 0.6 is 34.5 Å². The van der Waals surface area contributed by atoms with Crippen LogP contribution in [0.4, 0.5) is 0 Å². The number of thiazole rings is 1. The van der Waals surface area contributed by atoms with Gasteiger partial charge in [-0.15, -0.1) is 11.3 Å². The van der Waals surface area contributed by atoms with Crippen molar-refractivity contribution in [2.45, 2.75) is 0 Å². The van der Waals surface area contributed by atoms with Gasteiger partial charge < -0.3 is 0 Å². The molecule has 3 aromatic rings. The van der Waals surface area contributed by atoms with E-state index in [9.17, 15) is 0 Å². The first-order chi connectivity index (χ1) is 11.2. The monoisotopic (exact) mass is 362 g/mol. The highest BCUT2D eigenvalue weighted by molar-refractivity contribution is 7.07. The molecule has 7 heteroatoms. The Morgan fingerprint density at radius 3 is 2.65 bits per heavy atom. The first-order valence-corrected chi connectivity index (χ1v) is 8.36. The van der Waals surface area contributed by atoms with E-state index in [0.717, 1.165) is 21.6 Å². The van der Waals surface area contributed by atoms with Crippen LogP contribution in [0.2, 0.25) is 10.0 Å². The molecule has 0 saturated heterocycles. The van der Waals surface area contributed by atoms with Crippen LogP contribution in [0, 0.1) is 0 Å². The van der Waals surface area contributed by atoms with E-state index in [4.69, 9.17) is 23.2 Å². The van der Waals surface area contributed by atoms with Crippen molar-refractivity contribution in [3.8, 4) is 11.3 Å². The molecule has 4 nitrogen and oxygen atoms in total. The Hall–Kier alpha value is -1.95. The third-order valence-electron chi connectivity index (χ3n) is 3.11. The maximum atomic E-state index is 6.32. The Kier molecular flexibility index (Phi) is 4.91. The van der Waals surface area contributed by atoms with Crippen molar-refractivity contribution in [2.75, 3.05) is 7.05 Å². The smallest absolute Gasteiger partial charge is 0.205 e. The van der Waals surface area contributed by atoms with Gasteiger partial charge in [0, 0.05) is 35.4 Å². The van der Waals surface area contributed by atoms with E-state index in [1.165, 1.54) is 11.3 Å². The summed E-state index contributed by atoms with van der Waals surface area (Å²) < 4.78 is 1.76. The molecule has 2 aromatic heterocycles. The molecular formula is C16H12Cl2N4S. The van der Waals surface area contributed by atoms with Gasteiger partial charge in [-0.25, -0.2) is 4.68 Å². The molecule has 0 aliphatic heterocycles. The van der Waals surface area contributed by atoms with Gasteiger partial charge in [0.05, 0.1) is 16.9 Å². The van der Waals surface area contributed by atoms with E-state index in [-0.39, 0.29) is 0 Å². The first-order valence-electron chi connectivity index (χ1n) is 6.72. The molecule has 0 aliphatic carbocycles. The lowest BCUT2D eigenvalue weighted by Gasteiger charge is -2.06. The zero-order valence-electron chi connectivity index (χ0n) is 12.1. The number of nitrogens with zero attached hydrogens (tertiary/aromatic N) is 4. The fourth-order valence-corrected chi connectivity index (χ4v) is 3.32. The van der Waals surface area contributed by atoms with E-state index < -0.39 is 0 Å². The van der Waals surface area contributed by atoms with Crippen LogP contribution in [0.25, 0.3) is 11.3 Å². The van der Waals surface area contributed by atoms with Crippen molar-refractivity contribution in [1.29, 1.82) is 0 Å². The topological polar surface area (TPSA) is 42.5 Å². The Morgan fingerprint density at radius 2 is 1.96 bits per heavy atom. The minimum Gasteiger partial charge on any atom is -0.265 e. The van der Waals surface area contributed by atoms with Crippen LogP contribution in [0.15, 0.2) is 58.2 Å². The Balaban J connectivity index is 2.10. The molecule has 23 heavy (non-hydrogen) atoms. The second kappa shape index (κ2) is 7.08. The summed E-state index contributed by atoms with van der Waals surface area (Å²) in [5, 5.41) is 7.68. The fourth-order valence-electron chi connectivity index (χ4n) is 2.02. The van der Waals surface area contributed by atoms with Crippen LogP contribution in [-0.4, -0.2) is 22.9 Å². The highest BCUT2D eigenvalue weighted by Gasteiger charge is 2.11. The molecule has 0 N–H and O–H groups in total. The van der Waals surface area contributed by atoms with Gasteiger partial charge in [0.25, 0.3) is 0 Å². The highest BCUT2D eigenvalue weighted by Crippen LogP contribution is 2.30. The summed E-state index contributed by atoms with van der Waals surface area (Å²) in [5.41, 5.74) is 2.67. The van der Waals surface area contributed by atoms with Crippen molar-refractivity contribution < 1.29 is 0 Å². The molecule has 3 rings (SSSR count). The molecule has 0 aliphatic rings. The number of aromatic nitrogens is 2. The number of hydrogen-bond donors (Lipinski definition) is 0. The third-order valence-corrected chi connectivity index (χ3v) is 4.57. The van der Waals surface area contributed by atoms with Crippen LogP contribution in [0.1, 0.15) is 5.56 Å². The molecule has 0 unspecified atom stereocenters. The summed E-state index contributed by atoms with van der Waals surface area (Å²) in [6.07, 6.45) is 5.21. The number of halogens is 2. The molecule has 2 heterocycles. The maximum Gasteiger partial charge on any atom is 0.205 e. The molecule has 1 aromatic carbocycles. The van der Waals surface area contributed by atoms with Gasteiger partial charge in [0.1, 0.15) is 0 Å². The summed E-state index contributed by atoms with van der Waals surface area (Å²) in [5.74, 6) is 0. The summed E-state index contributed by atoms with van der Waals surface area (Å²) >= 11 is 13.8. The van der Waals surface area contributed by atoms with E-state index >= 15 is 0 Å². The Morgan fingerprint density at radius 1 is 1.17 bits per heavy atom. The molecule has 0 radical (unpaired) electrons. The lowest BCUT2D eigenvalue weighted by atomic mass is 10.2. The normalized spacial score (nSPS) is 12.2. The average molecular weight is 363 g/mol. The van der Waals surface area contributed by atoms with Crippen molar-refractivity contribution in [3.05, 3.63) is 68.5 Å². The fraction of sp³-hybridized carbons (Fsp3) is 0.0625. The van der Waals surface area contributed by atoms with Gasteiger partial charge >= 0.3 is 0 Å². The van der Waals surface area contributed by atoms with E-state index in [2.05, 4.69) is 15.1 Å². The molecule has 0 atom stereocenters. The van der Waals surface area contributed by atoms with Crippen molar-refractivity contribution in [3.63, 3.8) is 0 Å². The lowest BCUT2D eigenvalue weighted by Crippen LogP contribution is -2.11. The van der Waals surface area contributed by atoms with Crippen LogP contribution in [-0.2, 0) is 0 Å². The van der Waals surface area contributed by atoms with Gasteiger partial charge in [0.15, 0.2) is 0 Å². The quantitative estimate of drug-likeness (QED) is 0.639. The Bertz CT molecular complexity index is 913. The van der Waals surface area contributed by atoms with Gasteiger partial charge in [-0.3, -0.25) is 9.98 Å². The molecule has 0 amide bonds. The summed E-state index contributed by atoms with van der Waals surface area (Å²) in [7, 11) is 1.73. The van der Waals surface area contributed by atoms with Gasteiger partial charge in [-0.1, -0.05) is 23.2 Å². The molecule has 0 saturated carbocycles. The molecule has 0 fully saturated rings. The van der Waals surface area contributed by atoms with E-state index in [1.54, 1.807) is 42.5 Å². The van der Waals surface area contributed by atoms with E-state index in [0.29, 0.717) is 10.0 Å². The molecule has 0 bridgehead atoms. The zero-order chi connectivity index (χ0) is 16.2. The van der Waals surface area contributed by atoms with Gasteiger partial charge in [-0.05, 0) is 35.9 Å². The first kappa shape index (κ1) is 15.9. The highest BCUT2D eigenvalue weighted by atomic mass is 35.5. The summed E-state index contributed by atoms with van der Waals surface area (Å²) in [6.45, 7) is 0. The van der Waals surface area contributed by atoms with Crippen LogP contribution < -0.4 is 4.80 Å². The second-order valence-electron chi connectivity index (χ2n) is 4.59. The summed E-state index contributed by atoms with van der Waals surface area (Å²) in [4.78, 5) is 9.03. The van der Waals surface area contributed by atoms with Gasteiger partial charge in [-0.2, -0.15) is 5.10 Å². The SMILES string of the molecule is CN=c1scc(-c2ccc(Cl)cc2Cl)n1/N=C/c1ccncc1. The maximum absolute atomic E-state index is 6.32. The van der Waals surface area contributed by atoms with Gasteiger partial charge in [0.2, 0.25) is 4.80 Å². The molecule has 116 valence electrons. The van der Waals surface area contributed by atoms with E-state index in [1.807, 2.05) is 23.6 Å². The lowest BCUT2D eigenvalue weighted by molar-refractivity contribution is 0.848. The number of benzene rings is 1.